The highest BCUT2D eigenvalue weighted by Crippen LogP contribution is 2.31. The molecule has 3 aromatic rings. The Hall–Kier alpha value is -2.66. The van der Waals surface area contributed by atoms with Crippen molar-refractivity contribution in [2.45, 2.75) is 17.4 Å². The van der Waals surface area contributed by atoms with Crippen molar-refractivity contribution in [3.63, 3.8) is 0 Å². The Kier molecular flexibility index (Phi) is 5.84. The second-order valence-corrected chi connectivity index (χ2v) is 7.78. The normalized spacial score (nSPS) is 11.4. The molecule has 0 radical (unpaired) electrons. The lowest BCUT2D eigenvalue weighted by Crippen LogP contribution is -2.13. The van der Waals surface area contributed by atoms with Crippen LogP contribution in [0.15, 0.2) is 47.5 Å². The molecule has 1 N–H and O–H groups in total. The summed E-state index contributed by atoms with van der Waals surface area (Å²) in [5, 5.41) is 14.9. The quantitative estimate of drug-likeness (QED) is 0.356. The molecule has 3 rings (SSSR count). The summed E-state index contributed by atoms with van der Waals surface area (Å²) in [6, 6.07) is 4.75. The first-order valence-electron chi connectivity index (χ1n) is 7.90. The van der Waals surface area contributed by atoms with Crippen molar-refractivity contribution in [2.24, 2.45) is 0 Å². The number of halogens is 3. The molecule has 0 unspecified atom stereocenters. The van der Waals surface area contributed by atoms with Crippen molar-refractivity contribution in [1.82, 2.24) is 20.0 Å². The smallest absolute Gasteiger partial charge is 0.296 e. The maximum atomic E-state index is 12.9. The fourth-order valence-electron chi connectivity index (χ4n) is 2.32. The summed E-state index contributed by atoms with van der Waals surface area (Å²) in [6.07, 6.45) is -1.42. The first-order valence-corrected chi connectivity index (χ1v) is 9.70. The molecule has 1 aromatic carbocycles. The van der Waals surface area contributed by atoms with Crippen LogP contribution in [-0.2, 0) is 6.18 Å². The first-order chi connectivity index (χ1) is 13.3. The summed E-state index contributed by atoms with van der Waals surface area (Å²) in [5.74, 6) is 0.206. The van der Waals surface area contributed by atoms with Gasteiger partial charge in [-0.1, -0.05) is 35.2 Å². The fraction of sp³-hybridized carbons (Fsp3) is 0.176. The second-order valence-electron chi connectivity index (χ2n) is 5.53. The highest BCUT2D eigenvalue weighted by molar-refractivity contribution is 8.01. The number of rotatable bonds is 6. The molecule has 0 aliphatic heterocycles. The number of alkyl halides is 3. The molecule has 0 fully saturated rings. The summed E-state index contributed by atoms with van der Waals surface area (Å²) in [5.41, 5.74) is 0.0604. The molecule has 6 nitrogen and oxygen atoms in total. The first kappa shape index (κ1) is 20.1. The van der Waals surface area contributed by atoms with E-state index in [1.54, 1.807) is 13.0 Å². The summed E-state index contributed by atoms with van der Waals surface area (Å²) >= 11 is 2.66. The zero-order valence-electron chi connectivity index (χ0n) is 14.5. The molecule has 0 atom stereocenters. The molecule has 0 saturated heterocycles. The number of aromatic nitrogens is 4. The molecule has 2 heterocycles. The summed E-state index contributed by atoms with van der Waals surface area (Å²) in [7, 11) is 0. The van der Waals surface area contributed by atoms with Gasteiger partial charge in [0, 0.05) is 5.75 Å². The van der Waals surface area contributed by atoms with Crippen LogP contribution in [-0.4, -0.2) is 31.6 Å². The van der Waals surface area contributed by atoms with Crippen LogP contribution in [0.2, 0.25) is 0 Å². The predicted molar refractivity (Wildman–Crippen MR) is 102 cm³/mol. The Morgan fingerprint density at radius 1 is 1.39 bits per heavy atom. The number of carbonyl (C=O) groups is 1. The fourth-order valence-corrected chi connectivity index (χ4v) is 3.83. The van der Waals surface area contributed by atoms with Crippen LogP contribution in [0.3, 0.4) is 0 Å². The molecular formula is C17H14F3N5OS2. The van der Waals surface area contributed by atoms with Gasteiger partial charge in [-0.05, 0) is 25.1 Å². The van der Waals surface area contributed by atoms with Gasteiger partial charge in [-0.25, -0.2) is 4.68 Å². The van der Waals surface area contributed by atoms with Crippen LogP contribution in [0.4, 0.5) is 18.3 Å². The SMILES string of the molecule is C=CCSc1nnc(NC(=O)c2cnn(-c3cccc(C(F)(F)F)c3)c2C)s1. The molecule has 0 aliphatic rings. The monoisotopic (exact) mass is 425 g/mol. The van der Waals surface area contributed by atoms with Gasteiger partial charge in [0.15, 0.2) is 4.34 Å². The van der Waals surface area contributed by atoms with E-state index < -0.39 is 17.6 Å². The van der Waals surface area contributed by atoms with E-state index in [1.807, 2.05) is 0 Å². The molecule has 1 amide bonds. The molecule has 28 heavy (non-hydrogen) atoms. The Balaban J connectivity index is 1.80. The Bertz CT molecular complexity index is 1010. The van der Waals surface area contributed by atoms with Gasteiger partial charge in [0.1, 0.15) is 0 Å². The average Bonchev–Trinajstić information content (AvgIpc) is 3.25. The van der Waals surface area contributed by atoms with Crippen molar-refractivity contribution < 1.29 is 18.0 Å². The summed E-state index contributed by atoms with van der Waals surface area (Å²) in [6.45, 7) is 5.23. The van der Waals surface area contributed by atoms with Crippen LogP contribution in [0, 0.1) is 6.92 Å². The van der Waals surface area contributed by atoms with Gasteiger partial charge in [0.25, 0.3) is 5.91 Å². The average molecular weight is 425 g/mol. The van der Waals surface area contributed by atoms with Crippen molar-refractivity contribution in [3.8, 4) is 5.69 Å². The third-order valence-electron chi connectivity index (χ3n) is 3.62. The third-order valence-corrected chi connectivity index (χ3v) is 5.59. The molecule has 11 heteroatoms. The minimum atomic E-state index is -4.46. The van der Waals surface area contributed by atoms with E-state index >= 15 is 0 Å². The van der Waals surface area contributed by atoms with Gasteiger partial charge >= 0.3 is 6.18 Å². The lowest BCUT2D eigenvalue weighted by molar-refractivity contribution is -0.137. The topological polar surface area (TPSA) is 72.7 Å². The number of nitrogens with one attached hydrogen (secondary N) is 1. The maximum absolute atomic E-state index is 12.9. The number of carbonyl (C=O) groups excluding carboxylic acids is 1. The van der Waals surface area contributed by atoms with E-state index in [9.17, 15) is 18.0 Å². The zero-order valence-corrected chi connectivity index (χ0v) is 16.2. The third kappa shape index (κ3) is 4.42. The summed E-state index contributed by atoms with van der Waals surface area (Å²) in [4.78, 5) is 12.5. The van der Waals surface area contributed by atoms with E-state index in [4.69, 9.17) is 0 Å². The van der Waals surface area contributed by atoms with Crippen molar-refractivity contribution >= 4 is 34.1 Å². The lowest BCUT2D eigenvalue weighted by atomic mass is 10.2. The Labute approximate surface area is 166 Å². The molecule has 146 valence electrons. The number of hydrogen-bond acceptors (Lipinski definition) is 6. The predicted octanol–water partition coefficient (Wildman–Crippen LogP) is 4.58. The molecule has 0 saturated carbocycles. The molecule has 0 bridgehead atoms. The van der Waals surface area contributed by atoms with Gasteiger partial charge in [-0.2, -0.15) is 18.3 Å². The maximum Gasteiger partial charge on any atom is 0.416 e. The van der Waals surface area contributed by atoms with Crippen LogP contribution in [0.5, 0.6) is 0 Å². The van der Waals surface area contributed by atoms with Gasteiger partial charge < -0.3 is 0 Å². The zero-order chi connectivity index (χ0) is 20.3. The van der Waals surface area contributed by atoms with Crippen molar-refractivity contribution in [3.05, 3.63) is 59.9 Å². The van der Waals surface area contributed by atoms with Gasteiger partial charge in [0.05, 0.1) is 28.7 Å². The Morgan fingerprint density at radius 2 is 2.18 bits per heavy atom. The van der Waals surface area contributed by atoms with E-state index in [2.05, 4.69) is 27.2 Å². The van der Waals surface area contributed by atoms with Gasteiger partial charge in [-0.3, -0.25) is 10.1 Å². The lowest BCUT2D eigenvalue weighted by Gasteiger charge is -2.10. The van der Waals surface area contributed by atoms with E-state index in [1.165, 1.54) is 46.1 Å². The van der Waals surface area contributed by atoms with Crippen LogP contribution in [0.25, 0.3) is 5.69 Å². The molecular weight excluding hydrogens is 411 g/mol. The minimum absolute atomic E-state index is 0.213. The van der Waals surface area contributed by atoms with E-state index in [0.717, 1.165) is 12.1 Å². The second kappa shape index (κ2) is 8.15. The van der Waals surface area contributed by atoms with Crippen molar-refractivity contribution in [1.29, 1.82) is 0 Å². The molecule has 0 spiro atoms. The van der Waals surface area contributed by atoms with Gasteiger partial charge in [0.2, 0.25) is 5.13 Å². The van der Waals surface area contributed by atoms with Crippen molar-refractivity contribution in [2.75, 3.05) is 11.1 Å². The number of hydrogen-bond donors (Lipinski definition) is 1. The number of benzene rings is 1. The highest BCUT2D eigenvalue weighted by Gasteiger charge is 2.30. The number of anilines is 1. The minimum Gasteiger partial charge on any atom is -0.296 e. The van der Waals surface area contributed by atoms with Crippen LogP contribution >= 0.6 is 23.1 Å². The molecule has 0 aliphatic carbocycles. The van der Waals surface area contributed by atoms with Gasteiger partial charge in [-0.15, -0.1) is 16.8 Å². The number of nitrogens with zero attached hydrogens (tertiary/aromatic N) is 4. The highest BCUT2D eigenvalue weighted by atomic mass is 32.2. The number of thioether (sulfide) groups is 1. The van der Waals surface area contributed by atoms with E-state index in [0.29, 0.717) is 20.9 Å². The van der Waals surface area contributed by atoms with Crippen LogP contribution in [0.1, 0.15) is 21.6 Å². The van der Waals surface area contributed by atoms with Crippen LogP contribution < -0.4 is 5.32 Å². The number of amides is 1. The summed E-state index contributed by atoms with van der Waals surface area (Å²) < 4.78 is 40.8. The van der Waals surface area contributed by atoms with E-state index in [-0.39, 0.29) is 11.3 Å². The molecule has 2 aromatic heterocycles. The Morgan fingerprint density at radius 3 is 2.89 bits per heavy atom. The standard InChI is InChI=1S/C17H14F3N5OS2/c1-3-7-27-16-24-23-15(28-16)22-14(26)13-9-21-25(10(13)2)12-6-4-5-11(8-12)17(18,19)20/h3-6,8-9H,1,7H2,2H3,(H,22,23,26). The largest absolute Gasteiger partial charge is 0.416 e.